The summed E-state index contributed by atoms with van der Waals surface area (Å²) in [6.07, 6.45) is 1.66. The Morgan fingerprint density at radius 2 is 2.24 bits per heavy atom. The second-order valence-electron chi connectivity index (χ2n) is 5.75. The predicted octanol–water partition coefficient (Wildman–Crippen LogP) is 1.15. The van der Waals surface area contributed by atoms with Crippen LogP contribution in [0.15, 0.2) is 38.0 Å². The van der Waals surface area contributed by atoms with E-state index in [1.165, 1.54) is 4.57 Å². The maximum absolute atomic E-state index is 12.1. The minimum Gasteiger partial charge on any atom is -0.408 e. The highest BCUT2D eigenvalue weighted by Crippen LogP contribution is 2.26. The topological polar surface area (TPSA) is 112 Å². The Morgan fingerprint density at radius 1 is 1.36 bits per heavy atom. The lowest BCUT2D eigenvalue weighted by molar-refractivity contribution is -0.121. The molecule has 1 unspecified atom stereocenters. The van der Waals surface area contributed by atoms with Gasteiger partial charge in [0.1, 0.15) is 12.6 Å². The number of ether oxygens (including phenoxy) is 1. The molecule has 0 bridgehead atoms. The van der Waals surface area contributed by atoms with Gasteiger partial charge in [0, 0.05) is 6.61 Å². The molecular weight excluding hydrogens is 328 g/mol. The van der Waals surface area contributed by atoms with Gasteiger partial charge in [-0.15, -0.1) is 0 Å². The number of fused-ring (bicyclic) bond motifs is 1. The highest BCUT2D eigenvalue weighted by Gasteiger charge is 2.24. The molecule has 9 heteroatoms. The molecule has 25 heavy (non-hydrogen) atoms. The van der Waals surface area contributed by atoms with Gasteiger partial charge in [-0.25, -0.2) is 4.79 Å². The van der Waals surface area contributed by atoms with Crippen molar-refractivity contribution in [1.29, 1.82) is 0 Å². The van der Waals surface area contributed by atoms with Gasteiger partial charge in [-0.05, 0) is 25.0 Å². The van der Waals surface area contributed by atoms with Crippen LogP contribution in [-0.4, -0.2) is 27.2 Å². The van der Waals surface area contributed by atoms with E-state index in [-0.39, 0.29) is 25.1 Å². The van der Waals surface area contributed by atoms with E-state index in [0.29, 0.717) is 29.4 Å². The van der Waals surface area contributed by atoms with Crippen molar-refractivity contribution in [3.63, 3.8) is 0 Å². The quantitative estimate of drug-likeness (QED) is 0.738. The van der Waals surface area contributed by atoms with Crippen LogP contribution in [0.2, 0.25) is 0 Å². The van der Waals surface area contributed by atoms with Crippen LogP contribution in [0.3, 0.4) is 0 Å². The number of benzene rings is 1. The molecule has 1 N–H and O–H groups in total. The molecule has 2 aromatic heterocycles. The molecule has 1 atom stereocenters. The lowest BCUT2D eigenvalue weighted by Gasteiger charge is -2.03. The minimum atomic E-state index is -0.573. The van der Waals surface area contributed by atoms with E-state index in [0.717, 1.165) is 12.8 Å². The number of rotatable bonds is 5. The molecule has 4 rings (SSSR count). The number of oxazole rings is 1. The maximum Gasteiger partial charge on any atom is 0.420 e. The number of hydrogen-bond donors (Lipinski definition) is 1. The number of nitrogens with zero attached hydrogens (tertiary/aromatic N) is 3. The van der Waals surface area contributed by atoms with E-state index in [9.17, 15) is 9.59 Å². The van der Waals surface area contributed by atoms with E-state index in [1.54, 1.807) is 24.3 Å². The molecule has 0 saturated carbocycles. The fourth-order valence-corrected chi connectivity index (χ4v) is 2.78. The SMILES string of the molecule is O=C(Cn1c(=O)oc2ccccc21)NCc1noc(C2CCCO2)n1. The van der Waals surface area contributed by atoms with Crippen LogP contribution in [0.25, 0.3) is 11.1 Å². The van der Waals surface area contributed by atoms with E-state index >= 15 is 0 Å². The molecular formula is C16H16N4O5. The van der Waals surface area contributed by atoms with Gasteiger partial charge in [-0.3, -0.25) is 9.36 Å². The van der Waals surface area contributed by atoms with Gasteiger partial charge in [0.2, 0.25) is 5.91 Å². The van der Waals surface area contributed by atoms with Crippen molar-refractivity contribution in [2.75, 3.05) is 6.61 Å². The van der Waals surface area contributed by atoms with E-state index in [1.807, 2.05) is 0 Å². The Bertz CT molecular complexity index is 951. The van der Waals surface area contributed by atoms with Crippen LogP contribution < -0.4 is 11.1 Å². The lowest BCUT2D eigenvalue weighted by atomic mass is 10.2. The largest absolute Gasteiger partial charge is 0.420 e. The van der Waals surface area contributed by atoms with Crippen LogP contribution in [0.1, 0.15) is 30.7 Å². The predicted molar refractivity (Wildman–Crippen MR) is 84.5 cm³/mol. The number of carbonyl (C=O) groups excluding carboxylic acids is 1. The van der Waals surface area contributed by atoms with E-state index in [2.05, 4.69) is 15.5 Å². The number of nitrogens with one attached hydrogen (secondary N) is 1. The van der Waals surface area contributed by atoms with Gasteiger partial charge in [-0.2, -0.15) is 4.98 Å². The van der Waals surface area contributed by atoms with Gasteiger partial charge in [0.25, 0.3) is 5.89 Å². The summed E-state index contributed by atoms with van der Waals surface area (Å²) in [6.45, 7) is 0.651. The third-order valence-electron chi connectivity index (χ3n) is 4.01. The van der Waals surface area contributed by atoms with E-state index in [4.69, 9.17) is 13.7 Å². The monoisotopic (exact) mass is 344 g/mol. The van der Waals surface area contributed by atoms with Crippen molar-refractivity contribution < 1.29 is 18.5 Å². The maximum atomic E-state index is 12.1. The summed E-state index contributed by atoms with van der Waals surface area (Å²) in [5, 5.41) is 6.50. The summed E-state index contributed by atoms with van der Waals surface area (Å²) in [5.41, 5.74) is 1.02. The molecule has 0 aliphatic carbocycles. The Kier molecular flexibility index (Phi) is 4.06. The molecule has 1 amide bonds. The molecule has 1 saturated heterocycles. The average Bonchev–Trinajstić information content (AvgIpc) is 3.33. The van der Waals surface area contributed by atoms with E-state index < -0.39 is 5.76 Å². The average molecular weight is 344 g/mol. The Labute approximate surface area is 141 Å². The van der Waals surface area contributed by atoms with Crippen molar-refractivity contribution in [1.82, 2.24) is 20.0 Å². The molecule has 0 spiro atoms. The smallest absolute Gasteiger partial charge is 0.408 e. The third-order valence-corrected chi connectivity index (χ3v) is 4.01. The van der Waals surface area contributed by atoms with Gasteiger partial charge < -0.3 is 19.0 Å². The number of aromatic nitrogens is 3. The number of hydrogen-bond acceptors (Lipinski definition) is 7. The normalized spacial score (nSPS) is 17.2. The second kappa shape index (κ2) is 6.52. The molecule has 0 radical (unpaired) electrons. The van der Waals surface area contributed by atoms with Gasteiger partial charge in [0.15, 0.2) is 11.4 Å². The molecule has 3 heterocycles. The van der Waals surface area contributed by atoms with Crippen LogP contribution in [0.5, 0.6) is 0 Å². The van der Waals surface area contributed by atoms with Crippen molar-refractivity contribution in [2.24, 2.45) is 0 Å². The van der Waals surface area contributed by atoms with Crippen LogP contribution in [0.4, 0.5) is 0 Å². The summed E-state index contributed by atoms with van der Waals surface area (Å²) in [5.74, 6) is -0.129. The summed E-state index contributed by atoms with van der Waals surface area (Å²) >= 11 is 0. The fourth-order valence-electron chi connectivity index (χ4n) is 2.78. The Hall–Kier alpha value is -2.94. The van der Waals surface area contributed by atoms with Gasteiger partial charge in [0.05, 0.1) is 12.1 Å². The highest BCUT2D eigenvalue weighted by molar-refractivity contribution is 5.79. The van der Waals surface area contributed by atoms with Crippen LogP contribution in [-0.2, 0) is 22.6 Å². The number of para-hydroxylation sites is 2. The van der Waals surface area contributed by atoms with Gasteiger partial charge >= 0.3 is 5.76 Å². The summed E-state index contributed by atoms with van der Waals surface area (Å²) in [4.78, 5) is 28.2. The summed E-state index contributed by atoms with van der Waals surface area (Å²) in [7, 11) is 0. The first-order chi connectivity index (χ1) is 12.2. The number of amides is 1. The molecule has 9 nitrogen and oxygen atoms in total. The zero-order valence-electron chi connectivity index (χ0n) is 13.3. The second-order valence-corrected chi connectivity index (χ2v) is 5.75. The molecule has 130 valence electrons. The minimum absolute atomic E-state index is 0.111. The van der Waals surface area contributed by atoms with Crippen molar-refractivity contribution in [3.05, 3.63) is 46.5 Å². The van der Waals surface area contributed by atoms with Crippen LogP contribution in [0, 0.1) is 0 Å². The van der Waals surface area contributed by atoms with Crippen LogP contribution >= 0.6 is 0 Å². The zero-order chi connectivity index (χ0) is 17.2. The molecule has 1 fully saturated rings. The molecule has 3 aromatic rings. The molecule has 1 aliphatic heterocycles. The summed E-state index contributed by atoms with van der Waals surface area (Å²) in [6, 6.07) is 6.94. The summed E-state index contributed by atoms with van der Waals surface area (Å²) < 4.78 is 17.0. The third kappa shape index (κ3) is 3.18. The molecule has 1 aromatic carbocycles. The first kappa shape index (κ1) is 15.6. The van der Waals surface area contributed by atoms with Crippen molar-refractivity contribution in [3.8, 4) is 0 Å². The first-order valence-electron chi connectivity index (χ1n) is 8.00. The Morgan fingerprint density at radius 3 is 3.08 bits per heavy atom. The first-order valence-corrected chi connectivity index (χ1v) is 8.00. The standard InChI is InChI=1S/C16H16N4O5/c21-14(9-20-10-4-1-2-5-11(10)24-16(20)22)17-8-13-18-15(25-19-13)12-6-3-7-23-12/h1-2,4-5,12H,3,6-9H2,(H,17,21). The Balaban J connectivity index is 1.39. The highest BCUT2D eigenvalue weighted by atomic mass is 16.5. The fraction of sp³-hybridized carbons (Fsp3) is 0.375. The zero-order valence-corrected chi connectivity index (χ0v) is 13.3. The van der Waals surface area contributed by atoms with Crippen molar-refractivity contribution >= 4 is 17.0 Å². The number of carbonyl (C=O) groups is 1. The van der Waals surface area contributed by atoms with Gasteiger partial charge in [-0.1, -0.05) is 17.3 Å². The lowest BCUT2D eigenvalue weighted by Crippen LogP contribution is -2.30. The molecule has 1 aliphatic rings. The van der Waals surface area contributed by atoms with Crippen molar-refractivity contribution in [2.45, 2.75) is 32.0 Å².